The van der Waals surface area contributed by atoms with Crippen LogP contribution in [-0.2, 0) is 17.5 Å². The van der Waals surface area contributed by atoms with Gasteiger partial charge in [-0.2, -0.15) is 18.3 Å². The van der Waals surface area contributed by atoms with Gasteiger partial charge in [0.1, 0.15) is 5.69 Å². The Morgan fingerprint density at radius 3 is 2.71 bits per heavy atom. The molecule has 3 aromatic rings. The van der Waals surface area contributed by atoms with Gasteiger partial charge in [-0.05, 0) is 45.1 Å². The summed E-state index contributed by atoms with van der Waals surface area (Å²) in [5.41, 5.74) is 0.184. The fraction of sp³-hybridized carbons (Fsp3) is 0.458. The summed E-state index contributed by atoms with van der Waals surface area (Å²) in [6.45, 7) is 2.14. The second kappa shape index (κ2) is 11.1. The minimum atomic E-state index is -4.45. The number of halogens is 4. The lowest BCUT2D eigenvalue weighted by Gasteiger charge is -2.35. The van der Waals surface area contributed by atoms with Gasteiger partial charge >= 0.3 is 6.18 Å². The van der Waals surface area contributed by atoms with Crippen molar-refractivity contribution in [1.29, 1.82) is 0 Å². The van der Waals surface area contributed by atoms with E-state index in [1.807, 2.05) is 4.90 Å². The number of hydrogen-bond donors (Lipinski definition) is 2. The lowest BCUT2D eigenvalue weighted by Crippen LogP contribution is -2.45. The number of nitrogens with zero attached hydrogens (tertiary/aromatic N) is 4. The highest BCUT2D eigenvalue weighted by Gasteiger charge is 2.51. The number of methoxy groups -OCH3 is 1. The number of pyridine rings is 1. The predicted molar refractivity (Wildman–Crippen MR) is 130 cm³/mol. The van der Waals surface area contributed by atoms with E-state index in [2.05, 4.69) is 25.5 Å². The first-order valence-corrected chi connectivity index (χ1v) is 12.7. The fourth-order valence-corrected chi connectivity index (χ4v) is 5.37. The van der Waals surface area contributed by atoms with Gasteiger partial charge in [-0.3, -0.25) is 14.7 Å². The lowest BCUT2D eigenvalue weighted by molar-refractivity contribution is -0.141. The summed E-state index contributed by atoms with van der Waals surface area (Å²) in [5, 5.41) is 9.39. The number of hydrogen-bond acceptors (Lipinski definition) is 7. The molecule has 5 rings (SSSR count). The average molecular weight is 555 g/mol. The number of amides is 2. The summed E-state index contributed by atoms with van der Waals surface area (Å²) >= 11 is 0.929. The molecule has 0 aromatic carbocycles. The molecule has 1 aliphatic heterocycles. The third-order valence-corrected chi connectivity index (χ3v) is 7.43. The molecule has 1 saturated carbocycles. The van der Waals surface area contributed by atoms with E-state index in [-0.39, 0.29) is 28.4 Å². The maximum absolute atomic E-state index is 14.0. The third-order valence-electron chi connectivity index (χ3n) is 6.46. The molecule has 3 aromatic heterocycles. The van der Waals surface area contributed by atoms with E-state index in [1.165, 1.54) is 26.5 Å². The summed E-state index contributed by atoms with van der Waals surface area (Å²) in [6.07, 6.45) is 2.44. The number of likely N-dealkylation sites (tertiary alicyclic amines) is 1. The molecule has 1 spiro atoms. The predicted octanol–water partition coefficient (Wildman–Crippen LogP) is 4.49. The van der Waals surface area contributed by atoms with Gasteiger partial charge in [-0.15, -0.1) is 11.3 Å². The van der Waals surface area contributed by atoms with Crippen LogP contribution in [0.15, 0.2) is 18.3 Å². The molecule has 2 amide bonds. The van der Waals surface area contributed by atoms with Gasteiger partial charge in [0, 0.05) is 23.7 Å². The van der Waals surface area contributed by atoms with Crippen molar-refractivity contribution in [2.75, 3.05) is 13.7 Å². The Bertz CT molecular complexity index is 1300. The van der Waals surface area contributed by atoms with Crippen LogP contribution in [0.3, 0.4) is 0 Å². The van der Waals surface area contributed by atoms with Crippen molar-refractivity contribution in [2.24, 2.45) is 0 Å². The van der Waals surface area contributed by atoms with Crippen molar-refractivity contribution in [1.82, 2.24) is 30.4 Å². The van der Waals surface area contributed by atoms with Crippen LogP contribution >= 0.6 is 11.3 Å². The number of ether oxygens (including phenoxy) is 1. The number of aromatic nitrogens is 4. The van der Waals surface area contributed by atoms with E-state index >= 15 is 0 Å². The third kappa shape index (κ3) is 5.95. The Morgan fingerprint density at radius 1 is 1.29 bits per heavy atom. The molecule has 204 valence electrons. The van der Waals surface area contributed by atoms with E-state index < -0.39 is 17.7 Å². The van der Waals surface area contributed by atoms with Crippen molar-refractivity contribution in [2.45, 2.75) is 57.3 Å². The summed E-state index contributed by atoms with van der Waals surface area (Å²) in [7, 11) is 1.47. The largest absolute Gasteiger partial charge is 0.481 e. The van der Waals surface area contributed by atoms with Gasteiger partial charge in [-0.1, -0.05) is 0 Å². The Morgan fingerprint density at radius 2 is 2.05 bits per heavy atom. The van der Waals surface area contributed by atoms with Gasteiger partial charge in [0.25, 0.3) is 5.91 Å². The number of nitrogens with one attached hydrogen (secondary N) is 2. The van der Waals surface area contributed by atoms with E-state index in [0.29, 0.717) is 28.7 Å². The number of carbonyl (C=O) groups is 2. The highest BCUT2D eigenvalue weighted by atomic mass is 32.1. The summed E-state index contributed by atoms with van der Waals surface area (Å²) in [5.74, 6) is -0.249. The molecule has 14 heteroatoms. The van der Waals surface area contributed by atoms with Gasteiger partial charge in [0.05, 0.1) is 35.4 Å². The van der Waals surface area contributed by atoms with Crippen molar-refractivity contribution in [3.63, 3.8) is 0 Å². The molecule has 2 N–H and O–H groups in total. The number of H-pyrrole nitrogens is 1. The Balaban J connectivity index is 0.000000206. The minimum Gasteiger partial charge on any atom is -0.481 e. The standard InChI is InChI=1S/C17H19FN4O2.C7H7F3N2OS/c1-24-15-8-11(12(18)10-19-15)13-9-14(21-20-13)16(23)22-7-3-2-4-17(22)5-6-17;1-4-12-6(7(8,9)10)5(14-4)2-11-3-13/h8-10H,2-7H2,1H3,(H,20,21);3H,2H2,1H3,(H,11,13). The zero-order valence-corrected chi connectivity index (χ0v) is 21.5. The highest BCUT2D eigenvalue weighted by Crippen LogP contribution is 2.48. The molecule has 9 nitrogen and oxygen atoms in total. The molecule has 4 heterocycles. The van der Waals surface area contributed by atoms with Crippen LogP contribution in [0.25, 0.3) is 11.3 Å². The number of thiazole rings is 1. The first-order chi connectivity index (χ1) is 18.1. The number of aromatic amines is 1. The molecular formula is C24H26F4N6O3S. The quantitative estimate of drug-likeness (QED) is 0.343. The minimum absolute atomic E-state index is 0.0297. The number of aryl methyl sites for hydroxylation is 1. The molecule has 2 aliphatic rings. The molecule has 1 saturated heterocycles. The fourth-order valence-electron chi connectivity index (χ4n) is 4.46. The molecule has 0 radical (unpaired) electrons. The maximum atomic E-state index is 14.0. The van der Waals surface area contributed by atoms with Gasteiger partial charge in [0.2, 0.25) is 12.3 Å². The molecule has 0 atom stereocenters. The second-order valence-corrected chi connectivity index (χ2v) is 10.3. The van der Waals surface area contributed by atoms with Crippen molar-refractivity contribution < 1.29 is 31.9 Å². The Hall–Kier alpha value is -3.55. The Kier molecular flexibility index (Phi) is 7.99. The van der Waals surface area contributed by atoms with Gasteiger partial charge in [-0.25, -0.2) is 14.4 Å². The summed E-state index contributed by atoms with van der Waals surface area (Å²) in [6, 6.07) is 3.08. The summed E-state index contributed by atoms with van der Waals surface area (Å²) < 4.78 is 56.0. The van der Waals surface area contributed by atoms with Crippen LogP contribution in [0.2, 0.25) is 0 Å². The van der Waals surface area contributed by atoms with E-state index in [4.69, 9.17) is 4.74 Å². The van der Waals surface area contributed by atoms with Crippen LogP contribution < -0.4 is 10.1 Å². The first-order valence-electron chi connectivity index (χ1n) is 11.9. The highest BCUT2D eigenvalue weighted by molar-refractivity contribution is 7.11. The van der Waals surface area contributed by atoms with Gasteiger partial charge < -0.3 is 15.0 Å². The molecule has 1 aliphatic carbocycles. The molecule has 0 unspecified atom stereocenters. The number of carbonyl (C=O) groups excluding carboxylic acids is 2. The van der Waals surface area contributed by atoms with E-state index in [1.54, 1.807) is 6.07 Å². The van der Waals surface area contributed by atoms with Gasteiger partial charge in [0.15, 0.2) is 11.5 Å². The lowest BCUT2D eigenvalue weighted by atomic mass is 9.99. The average Bonchev–Trinajstić information content (AvgIpc) is 3.29. The SMILES string of the molecule is COc1cc(-c2cc(C(=O)N3CCCCC34CC4)[nH]n2)c(F)cn1.Cc1nc(C(F)(F)F)c(CNC=O)s1. The number of alkyl halides is 3. The topological polar surface area (TPSA) is 113 Å². The van der Waals surface area contributed by atoms with Crippen LogP contribution in [0.1, 0.15) is 58.2 Å². The normalized spacial score (nSPS) is 16.0. The molecular weight excluding hydrogens is 528 g/mol. The van der Waals surface area contributed by atoms with Crippen molar-refractivity contribution in [3.05, 3.63) is 45.4 Å². The number of rotatable bonds is 6. The number of piperidine rings is 1. The molecule has 38 heavy (non-hydrogen) atoms. The van der Waals surface area contributed by atoms with E-state index in [9.17, 15) is 27.2 Å². The smallest absolute Gasteiger partial charge is 0.434 e. The first kappa shape index (κ1) is 27.5. The van der Waals surface area contributed by atoms with Crippen LogP contribution in [0.5, 0.6) is 5.88 Å². The van der Waals surface area contributed by atoms with Crippen molar-refractivity contribution in [3.8, 4) is 17.1 Å². The monoisotopic (exact) mass is 554 g/mol. The Labute approximate surface area is 219 Å². The van der Waals surface area contributed by atoms with Crippen LogP contribution in [-0.4, -0.2) is 56.6 Å². The maximum Gasteiger partial charge on any atom is 0.434 e. The van der Waals surface area contributed by atoms with Crippen molar-refractivity contribution >= 4 is 23.7 Å². The van der Waals surface area contributed by atoms with E-state index in [0.717, 1.165) is 49.8 Å². The zero-order chi connectivity index (χ0) is 27.5. The zero-order valence-electron chi connectivity index (χ0n) is 20.7. The van der Waals surface area contributed by atoms with Crippen LogP contribution in [0, 0.1) is 12.7 Å². The van der Waals surface area contributed by atoms with Crippen LogP contribution in [0.4, 0.5) is 17.6 Å². The summed E-state index contributed by atoms with van der Waals surface area (Å²) in [4.78, 5) is 32.0. The molecule has 0 bridgehead atoms. The molecule has 2 fully saturated rings. The second-order valence-electron chi connectivity index (χ2n) is 9.01.